The Kier molecular flexibility index (Phi) is 5.62. The van der Waals surface area contributed by atoms with Crippen molar-refractivity contribution < 1.29 is 9.13 Å². The summed E-state index contributed by atoms with van der Waals surface area (Å²) in [6.07, 6.45) is 4.55. The van der Waals surface area contributed by atoms with Crippen LogP contribution in [0.4, 0.5) is 4.39 Å². The summed E-state index contributed by atoms with van der Waals surface area (Å²) in [7, 11) is 2.01. The van der Waals surface area contributed by atoms with Crippen molar-refractivity contribution in [2.45, 2.75) is 44.2 Å². The lowest BCUT2D eigenvalue weighted by Gasteiger charge is -2.27. The van der Waals surface area contributed by atoms with Crippen molar-refractivity contribution in [1.82, 2.24) is 10.3 Å². The maximum Gasteiger partial charge on any atom is 0.213 e. The van der Waals surface area contributed by atoms with Crippen LogP contribution in [0.3, 0.4) is 0 Å². The van der Waals surface area contributed by atoms with E-state index in [9.17, 15) is 4.39 Å². The lowest BCUT2D eigenvalue weighted by atomic mass is 9.84. The van der Waals surface area contributed by atoms with Crippen molar-refractivity contribution in [1.29, 1.82) is 5.26 Å². The predicted molar refractivity (Wildman–Crippen MR) is 93.7 cm³/mol. The summed E-state index contributed by atoms with van der Waals surface area (Å²) in [5, 5.41) is 12.1. The van der Waals surface area contributed by atoms with E-state index in [0.717, 1.165) is 31.4 Å². The normalized spacial score (nSPS) is 20.0. The van der Waals surface area contributed by atoms with Crippen LogP contribution in [0, 0.1) is 17.1 Å². The molecule has 1 aliphatic carbocycles. The molecule has 1 heterocycles. The van der Waals surface area contributed by atoms with Crippen LogP contribution < -0.4 is 10.1 Å². The van der Waals surface area contributed by atoms with Crippen molar-refractivity contribution in [2.75, 3.05) is 7.05 Å². The smallest absolute Gasteiger partial charge is 0.213 e. The van der Waals surface area contributed by atoms with E-state index in [2.05, 4.69) is 10.3 Å². The number of aromatic nitrogens is 1. The van der Waals surface area contributed by atoms with Crippen LogP contribution in [-0.2, 0) is 6.61 Å². The molecule has 0 atom stereocenters. The summed E-state index contributed by atoms with van der Waals surface area (Å²) in [4.78, 5) is 4.61. The highest BCUT2D eigenvalue weighted by Crippen LogP contribution is 2.32. The number of pyridine rings is 1. The van der Waals surface area contributed by atoms with Gasteiger partial charge in [0.2, 0.25) is 5.88 Å². The molecule has 5 heteroatoms. The quantitative estimate of drug-likeness (QED) is 0.897. The molecule has 130 valence electrons. The topological polar surface area (TPSA) is 57.9 Å². The van der Waals surface area contributed by atoms with Crippen LogP contribution in [0.25, 0.3) is 0 Å². The first kappa shape index (κ1) is 17.4. The van der Waals surface area contributed by atoms with Crippen LogP contribution >= 0.6 is 0 Å². The zero-order valence-electron chi connectivity index (χ0n) is 14.3. The van der Waals surface area contributed by atoms with Crippen LogP contribution in [0.2, 0.25) is 0 Å². The van der Waals surface area contributed by atoms with Gasteiger partial charge in [-0.15, -0.1) is 0 Å². The number of nitrogens with one attached hydrogen (secondary N) is 1. The molecule has 25 heavy (non-hydrogen) atoms. The number of hydrogen-bond donors (Lipinski definition) is 1. The van der Waals surface area contributed by atoms with Gasteiger partial charge in [-0.05, 0) is 50.9 Å². The van der Waals surface area contributed by atoms with Gasteiger partial charge in [-0.3, -0.25) is 0 Å². The van der Waals surface area contributed by atoms with Crippen molar-refractivity contribution in [3.8, 4) is 11.9 Å². The first-order valence-electron chi connectivity index (χ1n) is 8.65. The molecular weight excluding hydrogens is 317 g/mol. The Morgan fingerprint density at radius 2 is 2.04 bits per heavy atom. The van der Waals surface area contributed by atoms with Crippen molar-refractivity contribution in [2.24, 2.45) is 0 Å². The lowest BCUT2D eigenvalue weighted by molar-refractivity contribution is 0.284. The molecule has 1 aromatic heterocycles. The van der Waals surface area contributed by atoms with Crippen molar-refractivity contribution in [3.05, 3.63) is 59.0 Å². The Labute approximate surface area is 147 Å². The van der Waals surface area contributed by atoms with Gasteiger partial charge in [0.25, 0.3) is 0 Å². The molecule has 0 saturated heterocycles. The molecule has 1 fully saturated rings. The van der Waals surface area contributed by atoms with Gasteiger partial charge in [-0.1, -0.05) is 12.1 Å². The van der Waals surface area contributed by atoms with Gasteiger partial charge in [0, 0.05) is 29.3 Å². The molecule has 0 aliphatic heterocycles. The molecule has 3 rings (SSSR count). The zero-order valence-corrected chi connectivity index (χ0v) is 14.3. The van der Waals surface area contributed by atoms with E-state index in [-0.39, 0.29) is 6.61 Å². The molecule has 2 aromatic rings. The number of nitriles is 1. The Morgan fingerprint density at radius 1 is 1.24 bits per heavy atom. The highest BCUT2D eigenvalue weighted by Gasteiger charge is 2.22. The fraction of sp³-hybridized carbons (Fsp3) is 0.400. The van der Waals surface area contributed by atoms with Crippen LogP contribution in [0.5, 0.6) is 5.88 Å². The van der Waals surface area contributed by atoms with E-state index >= 15 is 0 Å². The van der Waals surface area contributed by atoms with Crippen molar-refractivity contribution in [3.63, 3.8) is 0 Å². The standard InChI is InChI=1S/C20H22FN3O/c1-23-17-9-7-15(8-10-17)19-3-2-4-20(24-19)25-13-16-6-5-14(12-22)11-18(16)21/h2-6,11,15,17,23H,7-10,13H2,1H3. The molecule has 0 amide bonds. The number of rotatable bonds is 5. The van der Waals surface area contributed by atoms with E-state index in [1.54, 1.807) is 18.2 Å². The van der Waals surface area contributed by atoms with Gasteiger partial charge >= 0.3 is 0 Å². The fourth-order valence-corrected chi connectivity index (χ4v) is 3.30. The summed E-state index contributed by atoms with van der Waals surface area (Å²) < 4.78 is 19.6. The maximum atomic E-state index is 13.9. The first-order valence-corrected chi connectivity index (χ1v) is 8.65. The number of ether oxygens (including phenoxy) is 1. The molecule has 1 aromatic carbocycles. The highest BCUT2D eigenvalue weighted by atomic mass is 19.1. The largest absolute Gasteiger partial charge is 0.473 e. The Morgan fingerprint density at radius 3 is 2.72 bits per heavy atom. The Balaban J connectivity index is 1.63. The van der Waals surface area contributed by atoms with E-state index < -0.39 is 5.82 Å². The third-order valence-electron chi connectivity index (χ3n) is 4.86. The van der Waals surface area contributed by atoms with Crippen LogP contribution in [0.1, 0.15) is 48.4 Å². The van der Waals surface area contributed by atoms with Gasteiger partial charge in [0.05, 0.1) is 11.6 Å². The summed E-state index contributed by atoms with van der Waals surface area (Å²) in [6, 6.07) is 12.7. The summed E-state index contributed by atoms with van der Waals surface area (Å²) in [5.74, 6) is 0.539. The second kappa shape index (κ2) is 8.09. The second-order valence-corrected chi connectivity index (χ2v) is 6.44. The summed E-state index contributed by atoms with van der Waals surface area (Å²) in [5.41, 5.74) is 1.77. The monoisotopic (exact) mass is 339 g/mol. The molecule has 0 unspecified atom stereocenters. The third-order valence-corrected chi connectivity index (χ3v) is 4.86. The average Bonchev–Trinajstić information content (AvgIpc) is 2.67. The van der Waals surface area contributed by atoms with Crippen LogP contribution in [-0.4, -0.2) is 18.1 Å². The molecule has 0 bridgehead atoms. The Hall–Kier alpha value is -2.45. The minimum atomic E-state index is -0.430. The third kappa shape index (κ3) is 4.34. The molecule has 4 nitrogen and oxygen atoms in total. The minimum absolute atomic E-state index is 0.0977. The van der Waals surface area contributed by atoms with Crippen LogP contribution in [0.15, 0.2) is 36.4 Å². The average molecular weight is 339 g/mol. The molecule has 1 N–H and O–H groups in total. The first-order chi connectivity index (χ1) is 12.2. The maximum absolute atomic E-state index is 13.9. The number of benzene rings is 1. The van der Waals surface area contributed by atoms with Gasteiger partial charge in [-0.25, -0.2) is 9.37 Å². The fourth-order valence-electron chi connectivity index (χ4n) is 3.30. The highest BCUT2D eigenvalue weighted by molar-refractivity contribution is 5.32. The SMILES string of the molecule is CNC1CCC(c2cccc(OCc3ccc(C#N)cc3F)n2)CC1. The minimum Gasteiger partial charge on any atom is -0.473 e. The molecule has 0 spiro atoms. The number of halogens is 1. The molecule has 1 aliphatic rings. The van der Waals surface area contributed by atoms with Gasteiger partial charge < -0.3 is 10.1 Å². The number of hydrogen-bond acceptors (Lipinski definition) is 4. The van der Waals surface area contributed by atoms with Gasteiger partial charge in [-0.2, -0.15) is 5.26 Å². The van der Waals surface area contributed by atoms with Gasteiger partial charge in [0.1, 0.15) is 12.4 Å². The second-order valence-electron chi connectivity index (χ2n) is 6.44. The van der Waals surface area contributed by atoms with E-state index in [0.29, 0.717) is 29.0 Å². The molecule has 1 saturated carbocycles. The van der Waals surface area contributed by atoms with E-state index in [1.807, 2.05) is 25.2 Å². The Bertz CT molecular complexity index is 764. The van der Waals surface area contributed by atoms with Crippen molar-refractivity contribution >= 4 is 0 Å². The lowest BCUT2D eigenvalue weighted by Crippen LogP contribution is -2.29. The number of nitrogens with zero attached hydrogens (tertiary/aromatic N) is 2. The zero-order chi connectivity index (χ0) is 17.6. The molecule has 0 radical (unpaired) electrons. The van der Waals surface area contributed by atoms with E-state index in [4.69, 9.17) is 10.00 Å². The predicted octanol–water partition coefficient (Wildman–Crippen LogP) is 3.92. The van der Waals surface area contributed by atoms with E-state index in [1.165, 1.54) is 6.07 Å². The summed E-state index contributed by atoms with van der Waals surface area (Å²) >= 11 is 0. The molecular formula is C20H22FN3O. The summed E-state index contributed by atoms with van der Waals surface area (Å²) in [6.45, 7) is 0.0977. The van der Waals surface area contributed by atoms with Gasteiger partial charge in [0.15, 0.2) is 0 Å².